The van der Waals surface area contributed by atoms with Gasteiger partial charge in [0, 0.05) is 56.2 Å². The molecule has 0 aliphatic carbocycles. The van der Waals surface area contributed by atoms with Crippen molar-refractivity contribution in [2.24, 2.45) is 0 Å². The number of H-pyrrole nitrogens is 1. The molecular formula is C27H35N5O11. The van der Waals surface area contributed by atoms with Crippen molar-refractivity contribution in [3.05, 3.63) is 40.2 Å². The first-order chi connectivity index (χ1) is 20.2. The zero-order valence-corrected chi connectivity index (χ0v) is 23.6. The van der Waals surface area contributed by atoms with Gasteiger partial charge in [0.1, 0.15) is 5.78 Å². The normalized spacial score (nSPS) is 11.3. The average molecular weight is 606 g/mol. The third-order valence-corrected chi connectivity index (χ3v) is 6.26. The molecule has 0 atom stereocenters. The summed E-state index contributed by atoms with van der Waals surface area (Å²) in [5, 5.41) is 39.9. The lowest BCUT2D eigenvalue weighted by atomic mass is 10.0. The zero-order chi connectivity index (χ0) is 32.1. The van der Waals surface area contributed by atoms with Crippen LogP contribution in [0.15, 0.2) is 29.1 Å². The molecule has 0 bridgehead atoms. The lowest BCUT2D eigenvalue weighted by Gasteiger charge is -2.27. The minimum Gasteiger partial charge on any atom is -0.480 e. The fraction of sp³-hybridized carbons (Fsp3) is 0.444. The smallest absolute Gasteiger partial charge is 0.317 e. The average Bonchev–Trinajstić information content (AvgIpc) is 2.88. The molecule has 1 aromatic heterocycles. The summed E-state index contributed by atoms with van der Waals surface area (Å²) in [5.74, 6) is -5.57. The van der Waals surface area contributed by atoms with Gasteiger partial charge in [-0.3, -0.25) is 48.3 Å². The number of hydrogen-bond acceptors (Lipinski definition) is 10. The summed E-state index contributed by atoms with van der Waals surface area (Å²) in [5.41, 5.74) is 0.848. The van der Waals surface area contributed by atoms with Crippen LogP contribution in [0.5, 0.6) is 0 Å². The molecule has 43 heavy (non-hydrogen) atoms. The number of aromatic nitrogens is 1. The molecule has 0 saturated carbocycles. The van der Waals surface area contributed by atoms with E-state index in [1.807, 2.05) is 0 Å². The highest BCUT2D eigenvalue weighted by Crippen LogP contribution is 2.20. The molecule has 0 radical (unpaired) electrons. The van der Waals surface area contributed by atoms with E-state index in [2.05, 4.69) is 10.3 Å². The van der Waals surface area contributed by atoms with Crippen molar-refractivity contribution in [2.75, 3.05) is 64.2 Å². The van der Waals surface area contributed by atoms with Gasteiger partial charge in [-0.05, 0) is 17.7 Å². The molecular weight excluding hydrogens is 570 g/mol. The molecule has 1 amide bonds. The molecule has 0 fully saturated rings. The number of nitrogens with zero attached hydrogens (tertiary/aromatic N) is 3. The SMILES string of the molecule is CCC(=O)Cc1cc(=O)[nH]c2cc(NC(=O)CN(CCN(CCN(CC(=O)O)CC(=O)O)CC(=O)O)CC(=O)O)ccc12. The van der Waals surface area contributed by atoms with Gasteiger partial charge in [-0.2, -0.15) is 0 Å². The number of anilines is 1. The van der Waals surface area contributed by atoms with Crippen molar-refractivity contribution in [2.45, 2.75) is 19.8 Å². The Kier molecular flexibility index (Phi) is 13.4. The first-order valence-electron chi connectivity index (χ1n) is 13.3. The van der Waals surface area contributed by atoms with Crippen LogP contribution in [0.2, 0.25) is 0 Å². The third kappa shape index (κ3) is 12.8. The second-order valence-corrected chi connectivity index (χ2v) is 9.81. The molecule has 0 unspecified atom stereocenters. The Morgan fingerprint density at radius 3 is 1.72 bits per heavy atom. The maximum absolute atomic E-state index is 12.8. The number of hydrogen-bond donors (Lipinski definition) is 6. The van der Waals surface area contributed by atoms with Crippen LogP contribution in [0.3, 0.4) is 0 Å². The van der Waals surface area contributed by atoms with Gasteiger partial charge in [-0.1, -0.05) is 13.0 Å². The molecule has 2 rings (SSSR count). The Morgan fingerprint density at radius 1 is 0.721 bits per heavy atom. The van der Waals surface area contributed by atoms with Crippen molar-refractivity contribution < 1.29 is 49.2 Å². The van der Waals surface area contributed by atoms with Crippen LogP contribution in [0.25, 0.3) is 10.9 Å². The lowest BCUT2D eigenvalue weighted by Crippen LogP contribution is -2.46. The summed E-state index contributed by atoms with van der Waals surface area (Å²) in [7, 11) is 0. The molecule has 1 aromatic carbocycles. The van der Waals surface area contributed by atoms with Crippen LogP contribution in [0.4, 0.5) is 5.69 Å². The van der Waals surface area contributed by atoms with Crippen molar-refractivity contribution in [3.8, 4) is 0 Å². The minimum absolute atomic E-state index is 0.0166. The maximum Gasteiger partial charge on any atom is 0.317 e. The minimum atomic E-state index is -1.26. The second-order valence-electron chi connectivity index (χ2n) is 9.81. The number of pyridine rings is 1. The van der Waals surface area contributed by atoms with Crippen molar-refractivity contribution in [1.29, 1.82) is 0 Å². The quantitative estimate of drug-likeness (QED) is 0.109. The number of benzene rings is 1. The number of aromatic amines is 1. The number of fused-ring (bicyclic) bond motifs is 1. The largest absolute Gasteiger partial charge is 0.480 e. The van der Waals surface area contributed by atoms with Gasteiger partial charge in [-0.15, -0.1) is 0 Å². The van der Waals surface area contributed by atoms with E-state index in [1.165, 1.54) is 21.9 Å². The predicted molar refractivity (Wildman–Crippen MR) is 152 cm³/mol. The topological polar surface area (TPSA) is 238 Å². The summed E-state index contributed by atoms with van der Waals surface area (Å²) in [6.45, 7) is -0.996. The van der Waals surface area contributed by atoms with Crippen LogP contribution in [-0.4, -0.2) is 135 Å². The molecule has 6 N–H and O–H groups in total. The standard InChI is InChI=1S/C27H35N5O11/c1-2-19(33)9-17-10-22(34)29-21-11-18(3-4-20(17)21)28-23(35)12-31(14-25(38)39)7-5-30(13-24(36)37)6-8-32(15-26(40)41)16-27(42)43/h3-4,10-11H,2,5-9,12-16H2,1H3,(H,28,35)(H,29,34)(H,36,37)(H,38,39)(H,40,41)(H,42,43). The van der Waals surface area contributed by atoms with Gasteiger partial charge in [0.05, 0.1) is 38.2 Å². The lowest BCUT2D eigenvalue weighted by molar-refractivity contribution is -0.143. The highest BCUT2D eigenvalue weighted by Gasteiger charge is 2.20. The van der Waals surface area contributed by atoms with Crippen molar-refractivity contribution in [3.63, 3.8) is 0 Å². The van der Waals surface area contributed by atoms with Crippen LogP contribution >= 0.6 is 0 Å². The van der Waals surface area contributed by atoms with Crippen LogP contribution in [0, 0.1) is 0 Å². The molecule has 16 nitrogen and oxygen atoms in total. The molecule has 0 spiro atoms. The number of amides is 1. The van der Waals surface area contributed by atoms with E-state index in [0.29, 0.717) is 28.6 Å². The van der Waals surface area contributed by atoms with Crippen LogP contribution < -0.4 is 10.9 Å². The zero-order valence-electron chi connectivity index (χ0n) is 23.6. The van der Waals surface area contributed by atoms with E-state index < -0.39 is 61.5 Å². The van der Waals surface area contributed by atoms with E-state index in [4.69, 9.17) is 10.2 Å². The fourth-order valence-electron chi connectivity index (χ4n) is 4.33. The van der Waals surface area contributed by atoms with Crippen molar-refractivity contribution >= 4 is 52.2 Å². The Balaban J connectivity index is 2.10. The first-order valence-corrected chi connectivity index (χ1v) is 13.3. The van der Waals surface area contributed by atoms with Gasteiger partial charge >= 0.3 is 23.9 Å². The van der Waals surface area contributed by atoms with E-state index in [9.17, 15) is 43.8 Å². The first kappa shape index (κ1) is 34.5. The number of carboxylic acid groups (broad SMARTS) is 4. The number of Topliss-reactive ketones (excluding diaryl/α,β-unsaturated/α-hetero) is 1. The Bertz CT molecular complexity index is 1390. The van der Waals surface area contributed by atoms with E-state index >= 15 is 0 Å². The van der Waals surface area contributed by atoms with Gasteiger partial charge in [0.25, 0.3) is 0 Å². The third-order valence-electron chi connectivity index (χ3n) is 6.26. The number of carbonyl (C=O) groups is 6. The highest BCUT2D eigenvalue weighted by atomic mass is 16.4. The van der Waals surface area contributed by atoms with Crippen LogP contribution in [-0.2, 0) is 35.2 Å². The molecule has 0 aliphatic rings. The molecule has 2 aromatic rings. The Hall–Kier alpha value is -4.67. The maximum atomic E-state index is 12.8. The fourth-order valence-corrected chi connectivity index (χ4v) is 4.33. The number of carbonyl (C=O) groups excluding carboxylic acids is 2. The predicted octanol–water partition coefficient (Wildman–Crippen LogP) is -0.767. The number of nitrogens with one attached hydrogen (secondary N) is 2. The monoisotopic (exact) mass is 605 g/mol. The molecule has 1 heterocycles. The molecule has 0 aliphatic heterocycles. The van der Waals surface area contributed by atoms with Gasteiger partial charge in [-0.25, -0.2) is 0 Å². The van der Waals surface area contributed by atoms with Crippen molar-refractivity contribution in [1.82, 2.24) is 19.7 Å². The summed E-state index contributed by atoms with van der Waals surface area (Å²) in [6, 6.07) is 6.09. The number of aliphatic carboxylic acids is 4. The van der Waals surface area contributed by atoms with E-state index in [1.54, 1.807) is 19.1 Å². The summed E-state index contributed by atoms with van der Waals surface area (Å²) in [4.78, 5) is 88.2. The van der Waals surface area contributed by atoms with Gasteiger partial charge in [0.15, 0.2) is 0 Å². The highest BCUT2D eigenvalue weighted by molar-refractivity contribution is 5.96. The summed E-state index contributed by atoms with van der Waals surface area (Å²) >= 11 is 0. The molecule has 0 saturated heterocycles. The number of ketones is 1. The van der Waals surface area contributed by atoms with Gasteiger partial charge < -0.3 is 30.7 Å². The molecule has 16 heteroatoms. The Morgan fingerprint density at radius 2 is 1.21 bits per heavy atom. The van der Waals surface area contributed by atoms with Gasteiger partial charge in [0.2, 0.25) is 11.5 Å². The Labute approximate surface area is 245 Å². The summed E-state index contributed by atoms with van der Waals surface area (Å²) in [6.07, 6.45) is 0.403. The molecule has 234 valence electrons. The van der Waals surface area contributed by atoms with E-state index in [-0.39, 0.29) is 44.9 Å². The van der Waals surface area contributed by atoms with E-state index in [0.717, 1.165) is 4.90 Å². The van der Waals surface area contributed by atoms with Crippen LogP contribution in [0.1, 0.15) is 18.9 Å². The summed E-state index contributed by atoms with van der Waals surface area (Å²) < 4.78 is 0. The number of rotatable bonds is 20. The second kappa shape index (κ2) is 16.7. The number of carboxylic acids is 4.